The Morgan fingerprint density at radius 2 is 1.87 bits per heavy atom. The Bertz CT molecular complexity index is 804. The van der Waals surface area contributed by atoms with E-state index >= 15 is 0 Å². The Morgan fingerprint density at radius 1 is 1.20 bits per heavy atom. The van der Waals surface area contributed by atoms with Crippen LogP contribution < -0.4 is 39.6 Å². The number of carboxylic acids is 1. The van der Waals surface area contributed by atoms with Crippen molar-refractivity contribution in [2.24, 2.45) is 11.3 Å². The fourth-order valence-electron chi connectivity index (χ4n) is 4.22. The number of thiophene rings is 1. The van der Waals surface area contributed by atoms with E-state index in [1.807, 2.05) is 0 Å². The number of hydrogen-bond acceptors (Lipinski definition) is 6. The van der Waals surface area contributed by atoms with Crippen LogP contribution in [0.25, 0.3) is 0 Å². The minimum Gasteiger partial charge on any atom is -0.550 e. The Hall–Kier alpha value is -0.400. The van der Waals surface area contributed by atoms with Gasteiger partial charge in [0.05, 0.1) is 12.2 Å². The largest absolute Gasteiger partial charge is 1.00 e. The summed E-state index contributed by atoms with van der Waals surface area (Å²) >= 11 is 3.45. The molecule has 0 spiro atoms. The van der Waals surface area contributed by atoms with E-state index in [0.717, 1.165) is 17.5 Å². The Morgan fingerprint density at radius 3 is 2.43 bits per heavy atom. The van der Waals surface area contributed by atoms with Crippen LogP contribution >= 0.6 is 22.7 Å². The smallest absolute Gasteiger partial charge is 0.550 e. The average Bonchev–Trinajstić information content (AvgIpc) is 3.34. The van der Waals surface area contributed by atoms with Crippen LogP contribution in [0.1, 0.15) is 81.2 Å². The van der Waals surface area contributed by atoms with Crippen molar-refractivity contribution >= 4 is 33.8 Å². The number of aryl methyl sites for hydroxylation is 1. The topological polar surface area (TPSA) is 56.3 Å². The number of hydrogen-bond donors (Lipinski definition) is 0. The van der Waals surface area contributed by atoms with Gasteiger partial charge in [-0.3, -0.25) is 0 Å². The Balaban J connectivity index is 0.00000320. The van der Waals surface area contributed by atoms with E-state index in [2.05, 4.69) is 50.1 Å². The van der Waals surface area contributed by atoms with Gasteiger partial charge in [0, 0.05) is 40.0 Å². The summed E-state index contributed by atoms with van der Waals surface area (Å²) in [7, 11) is 0. The molecule has 2 aromatic rings. The molecular formula is C23H33N2NaO2S2. The van der Waals surface area contributed by atoms with E-state index in [1.54, 1.807) is 22.7 Å². The maximum Gasteiger partial charge on any atom is 1.00 e. The summed E-state index contributed by atoms with van der Waals surface area (Å²) in [4.78, 5) is 20.7. The average molecular weight is 457 g/mol. The molecule has 0 atom stereocenters. The molecule has 2 heterocycles. The van der Waals surface area contributed by atoms with Crippen molar-refractivity contribution in [1.82, 2.24) is 4.98 Å². The van der Waals surface area contributed by atoms with Gasteiger partial charge in [0.2, 0.25) is 0 Å². The van der Waals surface area contributed by atoms with Crippen LogP contribution in [0.2, 0.25) is 0 Å². The number of aromatic nitrogens is 1. The van der Waals surface area contributed by atoms with Crippen molar-refractivity contribution in [3.05, 3.63) is 33.0 Å². The van der Waals surface area contributed by atoms with E-state index in [4.69, 9.17) is 4.98 Å². The number of carboxylic acid groups (broad SMARTS) is 1. The molecule has 0 N–H and O–H groups in total. The summed E-state index contributed by atoms with van der Waals surface area (Å²) in [6.07, 6.45) is 6.00. The van der Waals surface area contributed by atoms with E-state index in [-0.39, 0.29) is 36.0 Å². The third kappa shape index (κ3) is 7.06. The van der Waals surface area contributed by atoms with Crippen molar-refractivity contribution in [2.45, 2.75) is 78.7 Å². The molecule has 1 saturated carbocycles. The van der Waals surface area contributed by atoms with Crippen LogP contribution in [-0.4, -0.2) is 17.5 Å². The number of aliphatic carboxylic acids is 1. The van der Waals surface area contributed by atoms with Crippen LogP contribution in [0.4, 0.5) is 5.13 Å². The standard InChI is InChI=1S/C23H34N2O2S2.Na/c1-5-18-10-11-19(29-18)14-25(13-12-21(26)27)22-24-20(15-28-22)16-6-8-17(9-7-16)23(2,3)4;/h10-11,15-17H,5-9,12-14H2,1-4H3,(H,26,27);/q;+1/p-1. The van der Waals surface area contributed by atoms with Gasteiger partial charge < -0.3 is 14.8 Å². The van der Waals surface area contributed by atoms with Crippen molar-refractivity contribution in [1.29, 1.82) is 0 Å². The van der Waals surface area contributed by atoms with Gasteiger partial charge in [-0.2, -0.15) is 0 Å². The summed E-state index contributed by atoms with van der Waals surface area (Å²) in [5, 5.41) is 14.2. The number of nitrogens with zero attached hydrogens (tertiary/aromatic N) is 2. The second kappa shape index (κ2) is 11.5. The van der Waals surface area contributed by atoms with E-state index in [9.17, 15) is 9.90 Å². The molecular weight excluding hydrogens is 423 g/mol. The molecule has 4 nitrogen and oxygen atoms in total. The molecule has 0 amide bonds. The van der Waals surface area contributed by atoms with Gasteiger partial charge in [-0.15, -0.1) is 22.7 Å². The fourth-order valence-corrected chi connectivity index (χ4v) is 6.13. The molecule has 0 bridgehead atoms. The predicted molar refractivity (Wildman–Crippen MR) is 121 cm³/mol. The normalized spacial score (nSPS) is 19.3. The number of carbonyl (C=O) groups is 1. The number of carbonyl (C=O) groups excluding carboxylic acids is 1. The van der Waals surface area contributed by atoms with Crippen LogP contribution in [0.5, 0.6) is 0 Å². The predicted octanol–water partition coefficient (Wildman–Crippen LogP) is 2.24. The quantitative estimate of drug-likeness (QED) is 0.572. The van der Waals surface area contributed by atoms with Gasteiger partial charge >= 0.3 is 29.6 Å². The third-order valence-corrected chi connectivity index (χ3v) is 8.28. The van der Waals surface area contributed by atoms with E-state index in [1.165, 1.54) is 41.1 Å². The van der Waals surface area contributed by atoms with Crippen molar-refractivity contribution in [3.8, 4) is 0 Å². The first-order chi connectivity index (χ1) is 13.8. The van der Waals surface area contributed by atoms with Crippen LogP contribution in [0.3, 0.4) is 0 Å². The van der Waals surface area contributed by atoms with Gasteiger partial charge in [-0.05, 0) is 55.6 Å². The number of thiazole rings is 1. The van der Waals surface area contributed by atoms with Crippen LogP contribution in [0, 0.1) is 11.3 Å². The molecule has 3 rings (SSSR count). The third-order valence-electron chi connectivity index (χ3n) is 6.15. The molecule has 2 aromatic heterocycles. The van der Waals surface area contributed by atoms with Crippen molar-refractivity contribution in [3.63, 3.8) is 0 Å². The second-order valence-electron chi connectivity index (χ2n) is 9.23. The molecule has 0 aliphatic heterocycles. The van der Waals surface area contributed by atoms with Crippen LogP contribution in [-0.2, 0) is 17.8 Å². The zero-order valence-electron chi connectivity index (χ0n) is 19.1. The van der Waals surface area contributed by atoms with Crippen molar-refractivity contribution < 1.29 is 39.5 Å². The molecule has 1 aliphatic carbocycles. The van der Waals surface area contributed by atoms with Crippen molar-refractivity contribution in [2.75, 3.05) is 11.4 Å². The zero-order chi connectivity index (χ0) is 21.0. The van der Waals surface area contributed by atoms with Gasteiger partial charge in [0.1, 0.15) is 0 Å². The van der Waals surface area contributed by atoms with E-state index < -0.39 is 5.97 Å². The SMILES string of the molecule is CCc1ccc(CN(CCC(=O)[O-])c2nc(C3CCC(C(C)(C)C)CC3)cs2)s1.[Na+]. The summed E-state index contributed by atoms with van der Waals surface area (Å²) in [5.41, 5.74) is 1.58. The summed E-state index contributed by atoms with van der Waals surface area (Å²) in [5.74, 6) is 0.325. The molecule has 30 heavy (non-hydrogen) atoms. The molecule has 1 aliphatic rings. The maximum atomic E-state index is 11.1. The Kier molecular flexibility index (Phi) is 9.88. The van der Waals surface area contributed by atoms with Gasteiger partial charge in [-0.25, -0.2) is 4.98 Å². The first-order valence-electron chi connectivity index (χ1n) is 10.7. The monoisotopic (exact) mass is 456 g/mol. The number of anilines is 1. The number of rotatable bonds is 8. The first-order valence-corrected chi connectivity index (χ1v) is 12.4. The Labute approximate surface area is 211 Å². The first kappa shape index (κ1) is 25.9. The second-order valence-corrected chi connectivity index (χ2v) is 11.3. The molecule has 0 unspecified atom stereocenters. The fraction of sp³-hybridized carbons (Fsp3) is 0.652. The van der Waals surface area contributed by atoms with Gasteiger partial charge in [-0.1, -0.05) is 27.7 Å². The van der Waals surface area contributed by atoms with Gasteiger partial charge in [0.15, 0.2) is 5.13 Å². The molecule has 7 heteroatoms. The molecule has 0 saturated heterocycles. The minimum atomic E-state index is -1.01. The van der Waals surface area contributed by atoms with E-state index in [0.29, 0.717) is 24.4 Å². The molecule has 0 radical (unpaired) electrons. The van der Waals surface area contributed by atoms with Gasteiger partial charge in [0.25, 0.3) is 0 Å². The zero-order valence-corrected chi connectivity index (χ0v) is 22.7. The molecule has 1 fully saturated rings. The summed E-state index contributed by atoms with van der Waals surface area (Å²) < 4.78 is 0. The molecule has 0 aromatic carbocycles. The maximum absolute atomic E-state index is 11.1. The molecule has 160 valence electrons. The summed E-state index contributed by atoms with van der Waals surface area (Å²) in [6, 6.07) is 4.32. The summed E-state index contributed by atoms with van der Waals surface area (Å²) in [6.45, 7) is 10.4. The minimum absolute atomic E-state index is 0. The van der Waals surface area contributed by atoms with Crippen LogP contribution in [0.15, 0.2) is 17.5 Å².